The molecular formula is C29H30Cl2N4O2. The highest BCUT2D eigenvalue weighted by Crippen LogP contribution is 2.28. The summed E-state index contributed by atoms with van der Waals surface area (Å²) < 4.78 is 11.2. The summed E-state index contributed by atoms with van der Waals surface area (Å²) in [6.45, 7) is 6.09. The molecule has 0 fully saturated rings. The molecule has 192 valence electrons. The predicted molar refractivity (Wildman–Crippen MR) is 152 cm³/mol. The molecule has 1 heterocycles. The van der Waals surface area contributed by atoms with Gasteiger partial charge in [0.1, 0.15) is 12.4 Å². The minimum atomic E-state index is 0.478. The smallest absolute Gasteiger partial charge is 0.228 e. The Labute approximate surface area is 228 Å². The van der Waals surface area contributed by atoms with E-state index in [1.165, 1.54) is 0 Å². The second-order valence-corrected chi connectivity index (χ2v) is 9.28. The van der Waals surface area contributed by atoms with Crippen LogP contribution in [0.1, 0.15) is 6.92 Å². The van der Waals surface area contributed by atoms with E-state index in [0.717, 1.165) is 53.6 Å². The van der Waals surface area contributed by atoms with Gasteiger partial charge in [-0.3, -0.25) is 4.90 Å². The number of nitrogens with one attached hydrogen (secondary N) is 1. The number of benzene rings is 3. The topological polar surface area (TPSA) is 59.5 Å². The molecule has 0 radical (unpaired) electrons. The summed E-state index contributed by atoms with van der Waals surface area (Å²) in [5.41, 5.74) is 4.27. The molecular weight excluding hydrogens is 507 g/mol. The molecule has 0 amide bonds. The first-order valence-electron chi connectivity index (χ1n) is 12.2. The zero-order chi connectivity index (χ0) is 26.0. The fraction of sp³-hybridized carbons (Fsp3) is 0.241. The van der Waals surface area contributed by atoms with E-state index < -0.39 is 0 Å². The van der Waals surface area contributed by atoms with Crippen molar-refractivity contribution in [3.8, 4) is 28.3 Å². The number of rotatable bonds is 12. The highest BCUT2D eigenvalue weighted by Gasteiger charge is 2.10. The van der Waals surface area contributed by atoms with Crippen molar-refractivity contribution in [1.82, 2.24) is 14.9 Å². The second kappa shape index (κ2) is 13.4. The highest BCUT2D eigenvalue weighted by atomic mass is 35.5. The van der Waals surface area contributed by atoms with Gasteiger partial charge in [0, 0.05) is 53.1 Å². The van der Waals surface area contributed by atoms with Gasteiger partial charge < -0.3 is 14.8 Å². The Morgan fingerprint density at radius 1 is 0.784 bits per heavy atom. The molecule has 0 unspecified atom stereocenters. The Bertz CT molecular complexity index is 1220. The van der Waals surface area contributed by atoms with Gasteiger partial charge in [-0.15, -0.1) is 0 Å². The van der Waals surface area contributed by atoms with Crippen LogP contribution in [0.15, 0.2) is 78.9 Å². The van der Waals surface area contributed by atoms with Crippen LogP contribution in [0.4, 0.5) is 11.6 Å². The first kappa shape index (κ1) is 26.9. The zero-order valence-corrected chi connectivity index (χ0v) is 22.5. The van der Waals surface area contributed by atoms with Gasteiger partial charge >= 0.3 is 0 Å². The van der Waals surface area contributed by atoms with Crippen LogP contribution in [0.3, 0.4) is 0 Å². The predicted octanol–water partition coefficient (Wildman–Crippen LogP) is 7.21. The van der Waals surface area contributed by atoms with Crippen LogP contribution in [0.2, 0.25) is 10.0 Å². The minimum absolute atomic E-state index is 0.478. The van der Waals surface area contributed by atoms with Gasteiger partial charge in [0.2, 0.25) is 5.95 Å². The molecule has 0 spiro atoms. The molecule has 1 N–H and O–H groups in total. The Balaban J connectivity index is 1.54. The molecule has 3 aromatic carbocycles. The number of hydrogen-bond donors (Lipinski definition) is 1. The number of aromatic nitrogens is 2. The summed E-state index contributed by atoms with van der Waals surface area (Å²) in [5, 5.41) is 4.69. The van der Waals surface area contributed by atoms with Crippen molar-refractivity contribution < 1.29 is 9.47 Å². The van der Waals surface area contributed by atoms with Crippen molar-refractivity contribution in [2.75, 3.05) is 45.3 Å². The highest BCUT2D eigenvalue weighted by molar-refractivity contribution is 6.30. The Hall–Kier alpha value is -3.16. The van der Waals surface area contributed by atoms with E-state index in [1.54, 1.807) is 7.11 Å². The van der Waals surface area contributed by atoms with E-state index in [-0.39, 0.29) is 0 Å². The second-order valence-electron chi connectivity index (χ2n) is 8.40. The maximum absolute atomic E-state index is 6.10. The van der Waals surface area contributed by atoms with Crippen LogP contribution < -0.4 is 10.1 Å². The number of methoxy groups -OCH3 is 1. The molecule has 0 bridgehead atoms. The van der Waals surface area contributed by atoms with Gasteiger partial charge in [-0.05, 0) is 49.0 Å². The molecule has 4 aromatic rings. The maximum Gasteiger partial charge on any atom is 0.228 e. The van der Waals surface area contributed by atoms with Gasteiger partial charge in [0.15, 0.2) is 0 Å². The third-order valence-corrected chi connectivity index (χ3v) is 6.34. The summed E-state index contributed by atoms with van der Waals surface area (Å²) in [6, 6.07) is 24.9. The number of halogens is 2. The molecule has 8 heteroatoms. The number of nitrogens with zero attached hydrogens (tertiary/aromatic N) is 3. The quantitative estimate of drug-likeness (QED) is 0.206. The standard InChI is InChI=1S/C29H30Cl2N4O2/c1-3-35(15-17-36-2)16-18-37-26-6-4-5-25(19-26)32-29-33-27(21-7-11-23(30)12-8-21)20-28(34-29)22-9-13-24(31)14-10-22/h4-14,19-20H,3,15-18H2,1-2H3,(H,32,33,34). The third kappa shape index (κ3) is 7.91. The monoisotopic (exact) mass is 536 g/mol. The lowest BCUT2D eigenvalue weighted by molar-refractivity contribution is 0.138. The van der Waals surface area contributed by atoms with Crippen molar-refractivity contribution in [1.29, 1.82) is 0 Å². The Morgan fingerprint density at radius 3 is 1.95 bits per heavy atom. The molecule has 0 atom stereocenters. The number of anilines is 2. The van der Waals surface area contributed by atoms with Crippen LogP contribution in [-0.2, 0) is 4.74 Å². The molecule has 0 aliphatic carbocycles. The lowest BCUT2D eigenvalue weighted by atomic mass is 10.1. The molecule has 0 saturated carbocycles. The zero-order valence-electron chi connectivity index (χ0n) is 21.0. The molecule has 0 aliphatic rings. The van der Waals surface area contributed by atoms with Gasteiger partial charge in [-0.2, -0.15) is 0 Å². The van der Waals surface area contributed by atoms with Crippen molar-refractivity contribution in [3.63, 3.8) is 0 Å². The number of likely N-dealkylation sites (N-methyl/N-ethyl adjacent to an activating group) is 1. The Kier molecular flexibility index (Phi) is 9.74. The maximum atomic E-state index is 6.10. The molecule has 0 aliphatic heterocycles. The first-order chi connectivity index (χ1) is 18.0. The average Bonchev–Trinajstić information content (AvgIpc) is 2.91. The fourth-order valence-corrected chi connectivity index (χ4v) is 4.03. The normalized spacial score (nSPS) is 11.1. The molecule has 0 saturated heterocycles. The van der Waals surface area contributed by atoms with Crippen LogP contribution in [0.5, 0.6) is 5.75 Å². The minimum Gasteiger partial charge on any atom is -0.492 e. The summed E-state index contributed by atoms with van der Waals surface area (Å²) in [6.07, 6.45) is 0. The van der Waals surface area contributed by atoms with E-state index >= 15 is 0 Å². The third-order valence-electron chi connectivity index (χ3n) is 5.83. The fourth-order valence-electron chi connectivity index (χ4n) is 3.77. The summed E-state index contributed by atoms with van der Waals surface area (Å²) in [4.78, 5) is 11.8. The molecule has 6 nitrogen and oxygen atoms in total. The first-order valence-corrected chi connectivity index (χ1v) is 12.9. The number of ether oxygens (including phenoxy) is 2. The Morgan fingerprint density at radius 2 is 1.38 bits per heavy atom. The van der Waals surface area contributed by atoms with Gasteiger partial charge in [-0.25, -0.2) is 9.97 Å². The van der Waals surface area contributed by atoms with E-state index in [9.17, 15) is 0 Å². The van der Waals surface area contributed by atoms with E-state index in [2.05, 4.69) is 17.1 Å². The summed E-state index contributed by atoms with van der Waals surface area (Å²) >= 11 is 12.2. The van der Waals surface area contributed by atoms with Gasteiger partial charge in [0.05, 0.1) is 18.0 Å². The van der Waals surface area contributed by atoms with E-state index in [0.29, 0.717) is 29.2 Å². The van der Waals surface area contributed by atoms with Crippen LogP contribution in [0, 0.1) is 0 Å². The van der Waals surface area contributed by atoms with Crippen molar-refractivity contribution in [2.45, 2.75) is 6.92 Å². The number of hydrogen-bond acceptors (Lipinski definition) is 6. The van der Waals surface area contributed by atoms with Gasteiger partial charge in [-0.1, -0.05) is 60.5 Å². The van der Waals surface area contributed by atoms with Gasteiger partial charge in [0.25, 0.3) is 0 Å². The lowest BCUT2D eigenvalue weighted by Crippen LogP contribution is -2.31. The summed E-state index contributed by atoms with van der Waals surface area (Å²) in [7, 11) is 1.72. The lowest BCUT2D eigenvalue weighted by Gasteiger charge is -2.20. The molecule has 1 aromatic heterocycles. The molecule has 37 heavy (non-hydrogen) atoms. The van der Waals surface area contributed by atoms with E-state index in [1.807, 2.05) is 78.9 Å². The van der Waals surface area contributed by atoms with Crippen molar-refractivity contribution in [2.24, 2.45) is 0 Å². The summed E-state index contributed by atoms with van der Waals surface area (Å²) in [5.74, 6) is 1.26. The van der Waals surface area contributed by atoms with Crippen LogP contribution >= 0.6 is 23.2 Å². The SMILES string of the molecule is CCN(CCOC)CCOc1cccc(Nc2nc(-c3ccc(Cl)cc3)cc(-c3ccc(Cl)cc3)n2)c1. The molecule has 4 rings (SSSR count). The van der Waals surface area contributed by atoms with E-state index in [4.69, 9.17) is 42.6 Å². The van der Waals surface area contributed by atoms with Crippen molar-refractivity contribution >= 4 is 34.8 Å². The largest absolute Gasteiger partial charge is 0.492 e. The average molecular weight is 537 g/mol. The van der Waals surface area contributed by atoms with Crippen LogP contribution in [-0.4, -0.2) is 54.8 Å². The van der Waals surface area contributed by atoms with Crippen LogP contribution in [0.25, 0.3) is 22.5 Å². The van der Waals surface area contributed by atoms with Crippen molar-refractivity contribution in [3.05, 3.63) is 88.9 Å².